The number of benzene rings is 2. The highest BCUT2D eigenvalue weighted by Crippen LogP contribution is 2.34. The van der Waals surface area contributed by atoms with Crippen LogP contribution in [0.25, 0.3) is 11.5 Å². The predicted octanol–water partition coefficient (Wildman–Crippen LogP) is 3.90. The van der Waals surface area contributed by atoms with E-state index in [4.69, 9.17) is 13.9 Å². The Kier molecular flexibility index (Phi) is 6.20. The molecule has 0 N–H and O–H groups in total. The van der Waals surface area contributed by atoms with Crippen LogP contribution in [-0.4, -0.2) is 42.6 Å². The van der Waals surface area contributed by atoms with Crippen LogP contribution in [0.4, 0.5) is 5.69 Å². The van der Waals surface area contributed by atoms with Gasteiger partial charge in [0.1, 0.15) is 11.5 Å². The van der Waals surface area contributed by atoms with E-state index in [0.717, 1.165) is 5.69 Å². The van der Waals surface area contributed by atoms with Crippen molar-refractivity contribution in [2.45, 2.75) is 17.4 Å². The Bertz CT molecular complexity index is 946. The number of amides is 1. The molecule has 0 aliphatic heterocycles. The number of methoxy groups -OCH3 is 2. The zero-order chi connectivity index (χ0) is 20.1. The third-order valence-corrected chi connectivity index (χ3v) is 5.07. The van der Waals surface area contributed by atoms with Crippen LogP contribution < -0.4 is 14.4 Å². The van der Waals surface area contributed by atoms with E-state index in [0.29, 0.717) is 28.2 Å². The van der Waals surface area contributed by atoms with Gasteiger partial charge >= 0.3 is 0 Å². The van der Waals surface area contributed by atoms with Crippen LogP contribution in [0.15, 0.2) is 58.2 Å². The summed E-state index contributed by atoms with van der Waals surface area (Å²) >= 11 is 1.21. The topological polar surface area (TPSA) is 77.7 Å². The summed E-state index contributed by atoms with van der Waals surface area (Å²) in [4.78, 5) is 14.3. The first-order valence-electron chi connectivity index (χ1n) is 8.58. The van der Waals surface area contributed by atoms with E-state index < -0.39 is 5.25 Å². The lowest BCUT2D eigenvalue weighted by Gasteiger charge is -2.20. The van der Waals surface area contributed by atoms with Crippen molar-refractivity contribution in [3.63, 3.8) is 0 Å². The lowest BCUT2D eigenvalue weighted by atomic mass is 10.2. The average Bonchev–Trinajstić information content (AvgIpc) is 3.20. The van der Waals surface area contributed by atoms with Crippen molar-refractivity contribution in [1.82, 2.24) is 10.2 Å². The maximum Gasteiger partial charge on any atom is 0.277 e. The molecule has 1 atom stereocenters. The fourth-order valence-electron chi connectivity index (χ4n) is 2.59. The molecule has 28 heavy (non-hydrogen) atoms. The summed E-state index contributed by atoms with van der Waals surface area (Å²) in [7, 11) is 4.89. The smallest absolute Gasteiger partial charge is 0.277 e. The van der Waals surface area contributed by atoms with E-state index in [2.05, 4.69) is 10.2 Å². The maximum atomic E-state index is 12.7. The molecule has 0 bridgehead atoms. The van der Waals surface area contributed by atoms with E-state index >= 15 is 0 Å². The van der Waals surface area contributed by atoms with Crippen LogP contribution in [0, 0.1) is 0 Å². The van der Waals surface area contributed by atoms with Gasteiger partial charge in [0, 0.05) is 18.8 Å². The third-order valence-electron chi connectivity index (χ3n) is 4.14. The summed E-state index contributed by atoms with van der Waals surface area (Å²) in [5.41, 5.74) is 1.48. The second kappa shape index (κ2) is 8.79. The minimum atomic E-state index is -0.392. The molecule has 0 fully saturated rings. The Labute approximate surface area is 167 Å². The van der Waals surface area contributed by atoms with Crippen molar-refractivity contribution in [1.29, 1.82) is 0 Å². The molecule has 1 amide bonds. The quantitative estimate of drug-likeness (QED) is 0.558. The number of thioether (sulfide) groups is 1. The lowest BCUT2D eigenvalue weighted by Crippen LogP contribution is -2.33. The number of aromatic nitrogens is 2. The van der Waals surface area contributed by atoms with E-state index in [1.54, 1.807) is 44.4 Å². The lowest BCUT2D eigenvalue weighted by molar-refractivity contribution is -0.117. The Hall–Kier alpha value is -3.00. The van der Waals surface area contributed by atoms with E-state index in [1.807, 2.05) is 37.3 Å². The molecule has 7 nitrogen and oxygen atoms in total. The van der Waals surface area contributed by atoms with Gasteiger partial charge in [-0.15, -0.1) is 10.2 Å². The molecule has 0 aliphatic rings. The van der Waals surface area contributed by atoms with Gasteiger partial charge in [-0.25, -0.2) is 0 Å². The Morgan fingerprint density at radius 3 is 2.54 bits per heavy atom. The SMILES string of the molecule is COc1ccc(-c2nnc(S[C@@H](C)C(=O)N(C)c3ccccc3)o2)c(OC)c1. The van der Waals surface area contributed by atoms with Gasteiger partial charge in [-0.1, -0.05) is 30.0 Å². The molecule has 1 aromatic heterocycles. The average molecular weight is 399 g/mol. The minimum absolute atomic E-state index is 0.0574. The van der Waals surface area contributed by atoms with Crippen LogP contribution in [0.5, 0.6) is 11.5 Å². The van der Waals surface area contributed by atoms with Crippen molar-refractivity contribution >= 4 is 23.4 Å². The fraction of sp³-hybridized carbons (Fsp3) is 0.250. The highest BCUT2D eigenvalue weighted by Gasteiger charge is 2.23. The van der Waals surface area contributed by atoms with Gasteiger partial charge in [-0.05, 0) is 31.2 Å². The number of hydrogen-bond donors (Lipinski definition) is 0. The third kappa shape index (κ3) is 4.28. The first kappa shape index (κ1) is 19.8. The molecule has 0 unspecified atom stereocenters. The zero-order valence-corrected chi connectivity index (χ0v) is 16.9. The van der Waals surface area contributed by atoms with Crippen LogP contribution in [0.1, 0.15) is 6.92 Å². The first-order valence-corrected chi connectivity index (χ1v) is 9.46. The molecule has 3 rings (SSSR count). The largest absolute Gasteiger partial charge is 0.497 e. The summed E-state index contributed by atoms with van der Waals surface area (Å²) in [6, 6.07) is 14.8. The standard InChI is InChI=1S/C20H21N3O4S/c1-13(19(24)23(2)14-8-6-5-7-9-14)28-20-22-21-18(27-20)16-11-10-15(25-3)12-17(16)26-4/h5-13H,1-4H3/t13-/m0/s1. The Morgan fingerprint density at radius 2 is 1.86 bits per heavy atom. The normalized spacial score (nSPS) is 11.7. The molecule has 0 spiro atoms. The fourth-order valence-corrected chi connectivity index (χ4v) is 3.37. The van der Waals surface area contributed by atoms with Gasteiger partial charge in [-0.2, -0.15) is 0 Å². The summed E-state index contributed by atoms with van der Waals surface area (Å²) < 4.78 is 16.3. The molecule has 146 valence electrons. The van der Waals surface area contributed by atoms with E-state index in [9.17, 15) is 4.79 Å². The van der Waals surface area contributed by atoms with Gasteiger partial charge in [0.2, 0.25) is 5.91 Å². The summed E-state index contributed by atoms with van der Waals surface area (Å²) in [6.45, 7) is 1.81. The first-order chi connectivity index (χ1) is 13.5. The molecule has 0 saturated heterocycles. The van der Waals surface area contributed by atoms with Crippen LogP contribution in [0.2, 0.25) is 0 Å². The second-order valence-corrected chi connectivity index (χ2v) is 7.22. The monoisotopic (exact) mass is 399 g/mol. The second-order valence-electron chi connectivity index (χ2n) is 5.93. The maximum absolute atomic E-state index is 12.7. The molecule has 1 heterocycles. The van der Waals surface area contributed by atoms with Crippen molar-refractivity contribution in [2.75, 3.05) is 26.2 Å². The number of ether oxygens (including phenoxy) is 2. The molecule has 0 aliphatic carbocycles. The number of carbonyl (C=O) groups is 1. The molecule has 2 aromatic carbocycles. The van der Waals surface area contributed by atoms with Crippen molar-refractivity contribution in [3.05, 3.63) is 48.5 Å². The summed E-state index contributed by atoms with van der Waals surface area (Å²) in [5, 5.41) is 8.06. The highest BCUT2D eigenvalue weighted by molar-refractivity contribution is 8.00. The van der Waals surface area contributed by atoms with Gasteiger partial charge in [-0.3, -0.25) is 4.79 Å². The van der Waals surface area contributed by atoms with Gasteiger partial charge < -0.3 is 18.8 Å². The summed E-state index contributed by atoms with van der Waals surface area (Å²) in [6.07, 6.45) is 0. The van der Waals surface area contributed by atoms with Crippen molar-refractivity contribution in [3.8, 4) is 23.0 Å². The van der Waals surface area contributed by atoms with Crippen molar-refractivity contribution in [2.24, 2.45) is 0 Å². The number of nitrogens with zero attached hydrogens (tertiary/aromatic N) is 3. The minimum Gasteiger partial charge on any atom is -0.497 e. The highest BCUT2D eigenvalue weighted by atomic mass is 32.2. The molecule has 3 aromatic rings. The molecule has 0 radical (unpaired) electrons. The number of hydrogen-bond acceptors (Lipinski definition) is 7. The number of rotatable bonds is 7. The van der Waals surface area contributed by atoms with Gasteiger partial charge in [0.25, 0.3) is 11.1 Å². The molecule has 8 heteroatoms. The Balaban J connectivity index is 1.73. The van der Waals surface area contributed by atoms with E-state index in [1.165, 1.54) is 11.8 Å². The number of carbonyl (C=O) groups excluding carboxylic acids is 1. The number of para-hydroxylation sites is 1. The van der Waals surface area contributed by atoms with Gasteiger partial charge in [0.05, 0.1) is 25.0 Å². The summed E-state index contributed by atoms with van der Waals surface area (Å²) in [5.74, 6) is 1.49. The molecular weight excluding hydrogens is 378 g/mol. The van der Waals surface area contributed by atoms with Crippen LogP contribution in [-0.2, 0) is 4.79 Å². The Morgan fingerprint density at radius 1 is 1.11 bits per heavy atom. The van der Waals surface area contributed by atoms with Crippen molar-refractivity contribution < 1.29 is 18.7 Å². The van der Waals surface area contributed by atoms with Crippen LogP contribution >= 0.6 is 11.8 Å². The van der Waals surface area contributed by atoms with E-state index in [-0.39, 0.29) is 5.91 Å². The zero-order valence-electron chi connectivity index (χ0n) is 16.1. The number of anilines is 1. The van der Waals surface area contributed by atoms with Crippen LogP contribution in [0.3, 0.4) is 0 Å². The van der Waals surface area contributed by atoms with Gasteiger partial charge in [0.15, 0.2) is 0 Å². The predicted molar refractivity (Wildman–Crippen MR) is 108 cm³/mol. The molecule has 0 saturated carbocycles. The molecular formula is C20H21N3O4S.